The van der Waals surface area contributed by atoms with Crippen LogP contribution >= 0.6 is 16.3 Å². The highest BCUT2D eigenvalue weighted by Crippen LogP contribution is 2.39. The Morgan fingerprint density at radius 1 is 1.17 bits per heavy atom. The molecular weight excluding hydrogens is 266 g/mol. The van der Waals surface area contributed by atoms with Gasteiger partial charge in [0.1, 0.15) is 5.78 Å². The maximum absolute atomic E-state index is 12.0. The van der Waals surface area contributed by atoms with Gasteiger partial charge in [-0.3, -0.25) is 4.79 Å². The predicted molar refractivity (Wildman–Crippen MR) is 82.1 cm³/mol. The molecule has 0 aliphatic carbocycles. The summed E-state index contributed by atoms with van der Waals surface area (Å²) >= 11 is 0. The summed E-state index contributed by atoms with van der Waals surface area (Å²) in [6, 6.07) is 0. The molecule has 0 spiro atoms. The Labute approximate surface area is 115 Å². The molecule has 5 heteroatoms. The molecule has 0 radical (unpaired) electrons. The zero-order valence-electron chi connectivity index (χ0n) is 12.8. The third-order valence-corrected chi connectivity index (χ3v) is 4.29. The first-order valence-electron chi connectivity index (χ1n) is 6.39. The summed E-state index contributed by atoms with van der Waals surface area (Å²) in [6.07, 6.45) is 1.31. The molecule has 0 N–H and O–H groups in total. The lowest BCUT2D eigenvalue weighted by atomic mass is 9.80. The Morgan fingerprint density at radius 3 is 2.11 bits per heavy atom. The van der Waals surface area contributed by atoms with Gasteiger partial charge in [-0.1, -0.05) is 20.8 Å². The predicted octanol–water partition coefficient (Wildman–Crippen LogP) is 4.10. The SMILES string of the molecule is CCC(=O)C(C)(C)[C@H](CCOP(C)C)OP(C)C. The minimum atomic E-state index is -0.468. The molecule has 0 unspecified atom stereocenters. The fourth-order valence-corrected chi connectivity index (χ4v) is 3.13. The molecule has 0 aromatic carbocycles. The number of hydrogen-bond acceptors (Lipinski definition) is 3. The molecule has 0 aromatic heterocycles. The summed E-state index contributed by atoms with van der Waals surface area (Å²) in [5.74, 6) is 0.264. The van der Waals surface area contributed by atoms with Gasteiger partial charge in [0.25, 0.3) is 0 Å². The molecule has 18 heavy (non-hydrogen) atoms. The Balaban J connectivity index is 4.60. The highest BCUT2D eigenvalue weighted by molar-refractivity contribution is 7.51. The maximum atomic E-state index is 12.0. The smallest absolute Gasteiger partial charge is 0.140 e. The normalized spacial score (nSPS) is 14.3. The fraction of sp³-hybridized carbons (Fsp3) is 0.923. The monoisotopic (exact) mass is 294 g/mol. The molecule has 108 valence electrons. The first-order valence-corrected chi connectivity index (χ1v) is 10.7. The lowest BCUT2D eigenvalue weighted by Crippen LogP contribution is -2.38. The van der Waals surface area contributed by atoms with Gasteiger partial charge < -0.3 is 9.05 Å². The van der Waals surface area contributed by atoms with Crippen molar-refractivity contribution < 1.29 is 13.8 Å². The zero-order chi connectivity index (χ0) is 14.3. The highest BCUT2D eigenvalue weighted by atomic mass is 31.1. The average molecular weight is 294 g/mol. The number of carbonyl (C=O) groups excluding carboxylic acids is 1. The molecule has 0 fully saturated rings. The zero-order valence-corrected chi connectivity index (χ0v) is 14.6. The molecule has 0 saturated heterocycles. The van der Waals surface area contributed by atoms with Gasteiger partial charge in [-0.25, -0.2) is 0 Å². The van der Waals surface area contributed by atoms with E-state index in [0.717, 1.165) is 6.42 Å². The van der Waals surface area contributed by atoms with Crippen molar-refractivity contribution in [2.24, 2.45) is 5.41 Å². The summed E-state index contributed by atoms with van der Waals surface area (Å²) in [7, 11) is -0.810. The van der Waals surface area contributed by atoms with Gasteiger partial charge in [0, 0.05) is 28.1 Å². The lowest BCUT2D eigenvalue weighted by molar-refractivity contribution is -0.131. The molecule has 0 saturated carbocycles. The van der Waals surface area contributed by atoms with Crippen molar-refractivity contribution in [1.82, 2.24) is 0 Å². The molecular formula is C13H28O3P2. The molecule has 0 rings (SSSR count). The van der Waals surface area contributed by atoms with Crippen molar-refractivity contribution >= 4 is 22.1 Å². The van der Waals surface area contributed by atoms with E-state index in [4.69, 9.17) is 9.05 Å². The van der Waals surface area contributed by atoms with Crippen LogP contribution in [0.5, 0.6) is 0 Å². The maximum Gasteiger partial charge on any atom is 0.140 e. The molecule has 0 heterocycles. The quantitative estimate of drug-likeness (QED) is 0.601. The van der Waals surface area contributed by atoms with Crippen LogP contribution in [0, 0.1) is 5.41 Å². The molecule has 0 aliphatic rings. The van der Waals surface area contributed by atoms with Crippen molar-refractivity contribution in [3.63, 3.8) is 0 Å². The van der Waals surface area contributed by atoms with E-state index in [2.05, 4.69) is 26.7 Å². The van der Waals surface area contributed by atoms with E-state index in [-0.39, 0.29) is 20.0 Å². The van der Waals surface area contributed by atoms with Gasteiger partial charge in [0.2, 0.25) is 0 Å². The Kier molecular flexibility index (Phi) is 8.80. The number of hydrogen-bond donors (Lipinski definition) is 0. The minimum Gasteiger partial charge on any atom is -0.360 e. The Hall–Kier alpha value is 0.450. The van der Waals surface area contributed by atoms with Crippen molar-refractivity contribution in [2.75, 3.05) is 33.3 Å². The molecule has 0 aromatic rings. The van der Waals surface area contributed by atoms with Gasteiger partial charge in [0.05, 0.1) is 12.7 Å². The molecule has 0 bridgehead atoms. The Morgan fingerprint density at radius 2 is 1.72 bits per heavy atom. The molecule has 1 atom stereocenters. The van der Waals surface area contributed by atoms with Crippen LogP contribution in [0.15, 0.2) is 0 Å². The van der Waals surface area contributed by atoms with Crippen LogP contribution in [-0.4, -0.2) is 45.2 Å². The van der Waals surface area contributed by atoms with Crippen LogP contribution in [0.25, 0.3) is 0 Å². The van der Waals surface area contributed by atoms with Gasteiger partial charge in [-0.05, 0) is 33.1 Å². The number of Topliss-reactive ketones (excluding diaryl/α,β-unsaturated/α-hetero) is 1. The largest absolute Gasteiger partial charge is 0.360 e. The third-order valence-electron chi connectivity index (χ3n) is 2.91. The van der Waals surface area contributed by atoms with E-state index in [9.17, 15) is 4.79 Å². The van der Waals surface area contributed by atoms with E-state index in [1.54, 1.807) is 0 Å². The highest BCUT2D eigenvalue weighted by Gasteiger charge is 2.36. The van der Waals surface area contributed by atoms with Crippen LogP contribution in [0.4, 0.5) is 0 Å². The molecule has 0 aliphatic heterocycles. The first-order chi connectivity index (χ1) is 8.21. The summed E-state index contributed by atoms with van der Waals surface area (Å²) in [6.45, 7) is 14.9. The average Bonchev–Trinajstić information content (AvgIpc) is 2.25. The van der Waals surface area contributed by atoms with E-state index >= 15 is 0 Å². The number of ketones is 1. The summed E-state index contributed by atoms with van der Waals surface area (Å²) < 4.78 is 11.6. The van der Waals surface area contributed by atoms with Gasteiger partial charge in [-0.2, -0.15) is 0 Å². The van der Waals surface area contributed by atoms with E-state index in [0.29, 0.717) is 13.0 Å². The van der Waals surface area contributed by atoms with Crippen molar-refractivity contribution in [3.05, 3.63) is 0 Å². The Bertz CT molecular complexity index is 253. The minimum absolute atomic E-state index is 0.0407. The van der Waals surface area contributed by atoms with Gasteiger partial charge in [-0.15, -0.1) is 0 Å². The summed E-state index contributed by atoms with van der Waals surface area (Å²) in [5, 5.41) is 0. The van der Waals surface area contributed by atoms with Gasteiger partial charge in [0.15, 0.2) is 0 Å². The standard InChI is InChI=1S/C13H28O3P2/c1-8-11(14)13(2,3)12(16-18(6)7)9-10-15-17(4)5/h12H,8-10H2,1-7H3/t12-/m0/s1. The topological polar surface area (TPSA) is 35.5 Å². The van der Waals surface area contributed by atoms with E-state index in [1.807, 2.05) is 20.8 Å². The van der Waals surface area contributed by atoms with E-state index in [1.165, 1.54) is 0 Å². The molecule has 3 nitrogen and oxygen atoms in total. The van der Waals surface area contributed by atoms with Crippen molar-refractivity contribution in [3.8, 4) is 0 Å². The van der Waals surface area contributed by atoms with Crippen molar-refractivity contribution in [2.45, 2.75) is 39.7 Å². The number of rotatable bonds is 9. The second-order valence-corrected chi connectivity index (χ2v) is 9.06. The lowest BCUT2D eigenvalue weighted by Gasteiger charge is -2.34. The van der Waals surface area contributed by atoms with Gasteiger partial charge >= 0.3 is 0 Å². The molecule has 0 amide bonds. The van der Waals surface area contributed by atoms with Crippen LogP contribution in [-0.2, 0) is 13.8 Å². The van der Waals surface area contributed by atoms with Crippen LogP contribution in [0.1, 0.15) is 33.6 Å². The van der Waals surface area contributed by atoms with Crippen LogP contribution in [0.2, 0.25) is 0 Å². The summed E-state index contributed by atoms with van der Waals surface area (Å²) in [5.41, 5.74) is -0.422. The van der Waals surface area contributed by atoms with Crippen LogP contribution < -0.4 is 0 Å². The van der Waals surface area contributed by atoms with E-state index < -0.39 is 13.6 Å². The fourth-order valence-electron chi connectivity index (χ4n) is 1.78. The third kappa shape index (κ3) is 6.57. The number of carbonyl (C=O) groups is 1. The second-order valence-electron chi connectivity index (χ2n) is 5.34. The van der Waals surface area contributed by atoms with Crippen LogP contribution in [0.3, 0.4) is 0 Å². The second kappa shape index (κ2) is 8.59. The first kappa shape index (κ1) is 18.4. The van der Waals surface area contributed by atoms with Crippen molar-refractivity contribution in [1.29, 1.82) is 0 Å². The summed E-state index contributed by atoms with van der Waals surface area (Å²) in [4.78, 5) is 12.0.